The fourth-order valence-electron chi connectivity index (χ4n) is 3.19. The Hall–Kier alpha value is -3.13. The number of carbonyl (C=O) groups excluding carboxylic acids is 1. The number of para-hydroxylation sites is 1. The van der Waals surface area contributed by atoms with Crippen molar-refractivity contribution in [3.05, 3.63) is 77.2 Å². The van der Waals surface area contributed by atoms with Crippen molar-refractivity contribution in [3.63, 3.8) is 0 Å². The van der Waals surface area contributed by atoms with Gasteiger partial charge in [-0.1, -0.05) is 42.1 Å². The van der Waals surface area contributed by atoms with E-state index in [1.165, 1.54) is 23.9 Å². The fraction of sp³-hybridized carbons (Fsp3) is 0.150. The van der Waals surface area contributed by atoms with E-state index in [1.807, 2.05) is 43.5 Å². The van der Waals surface area contributed by atoms with Gasteiger partial charge in [-0.15, -0.1) is 5.10 Å². The van der Waals surface area contributed by atoms with Gasteiger partial charge in [-0.2, -0.15) is 4.98 Å². The lowest BCUT2D eigenvalue weighted by Crippen LogP contribution is -2.31. The summed E-state index contributed by atoms with van der Waals surface area (Å²) in [5.41, 5.74) is 2.62. The predicted molar refractivity (Wildman–Crippen MR) is 108 cm³/mol. The smallest absolute Gasteiger partial charge is 0.255 e. The zero-order chi connectivity index (χ0) is 19.7. The lowest BCUT2D eigenvalue weighted by molar-refractivity contribution is -0.113. The Bertz CT molecular complexity index is 1050. The van der Waals surface area contributed by atoms with Crippen molar-refractivity contribution in [3.8, 4) is 0 Å². The number of halogens is 1. The van der Waals surface area contributed by atoms with Crippen LogP contribution in [0.1, 0.15) is 18.5 Å². The topological polar surface area (TPSA) is 71.8 Å². The van der Waals surface area contributed by atoms with Gasteiger partial charge in [-0.3, -0.25) is 4.79 Å². The number of thioether (sulfide) groups is 1. The third kappa shape index (κ3) is 3.38. The number of nitrogens with one attached hydrogen (secondary N) is 2. The minimum Gasteiger partial charge on any atom is -0.328 e. The average molecular weight is 395 g/mol. The van der Waals surface area contributed by atoms with Crippen molar-refractivity contribution < 1.29 is 9.18 Å². The zero-order valence-corrected chi connectivity index (χ0v) is 16.1. The van der Waals surface area contributed by atoms with E-state index in [4.69, 9.17) is 0 Å². The summed E-state index contributed by atoms with van der Waals surface area (Å²) in [7, 11) is 0. The minimum atomic E-state index is -0.519. The molecule has 6 nitrogen and oxygen atoms in total. The third-order valence-electron chi connectivity index (χ3n) is 4.48. The molecule has 1 atom stereocenters. The Morgan fingerprint density at radius 1 is 1.18 bits per heavy atom. The molecule has 28 heavy (non-hydrogen) atoms. The van der Waals surface area contributed by atoms with Crippen LogP contribution in [0.25, 0.3) is 0 Å². The van der Waals surface area contributed by atoms with Crippen LogP contribution in [0.5, 0.6) is 0 Å². The van der Waals surface area contributed by atoms with Crippen LogP contribution in [0.15, 0.2) is 71.0 Å². The van der Waals surface area contributed by atoms with E-state index >= 15 is 0 Å². The normalized spacial score (nSPS) is 15.8. The first kappa shape index (κ1) is 18.2. The van der Waals surface area contributed by atoms with Crippen LogP contribution < -0.4 is 10.6 Å². The zero-order valence-electron chi connectivity index (χ0n) is 15.3. The Labute approximate surface area is 165 Å². The molecule has 142 valence electrons. The van der Waals surface area contributed by atoms with Gasteiger partial charge in [0, 0.05) is 11.4 Å². The number of benzene rings is 2. The molecular formula is C20H18FN5OS. The highest BCUT2D eigenvalue weighted by molar-refractivity contribution is 7.98. The quantitative estimate of drug-likeness (QED) is 0.652. The number of anilines is 2. The summed E-state index contributed by atoms with van der Waals surface area (Å²) in [6.45, 7) is 1.83. The second kappa shape index (κ2) is 7.47. The van der Waals surface area contributed by atoms with Crippen molar-refractivity contribution in [1.29, 1.82) is 0 Å². The monoisotopic (exact) mass is 395 g/mol. The third-order valence-corrected chi connectivity index (χ3v) is 5.02. The molecule has 1 aliphatic heterocycles. The van der Waals surface area contributed by atoms with E-state index in [0.717, 1.165) is 5.56 Å². The average Bonchev–Trinajstić information content (AvgIpc) is 3.11. The highest BCUT2D eigenvalue weighted by atomic mass is 32.2. The predicted octanol–water partition coefficient (Wildman–Crippen LogP) is 4.07. The number of allylic oxidation sites excluding steroid dienone is 1. The molecule has 2 aromatic carbocycles. The molecule has 4 rings (SSSR count). The molecule has 0 radical (unpaired) electrons. The van der Waals surface area contributed by atoms with E-state index in [-0.39, 0.29) is 11.7 Å². The van der Waals surface area contributed by atoms with Crippen molar-refractivity contribution in [1.82, 2.24) is 14.8 Å². The Morgan fingerprint density at radius 2 is 1.89 bits per heavy atom. The minimum absolute atomic E-state index is 0.252. The first-order chi connectivity index (χ1) is 13.6. The molecule has 1 aromatic heterocycles. The second-order valence-corrected chi connectivity index (χ2v) is 7.08. The van der Waals surface area contributed by atoms with Crippen molar-refractivity contribution in [2.45, 2.75) is 18.1 Å². The molecule has 0 saturated heterocycles. The lowest BCUT2D eigenvalue weighted by atomic mass is 9.95. The summed E-state index contributed by atoms with van der Waals surface area (Å²) in [5.74, 6) is -0.0397. The molecule has 8 heteroatoms. The van der Waals surface area contributed by atoms with Crippen molar-refractivity contribution in [2.75, 3.05) is 16.9 Å². The van der Waals surface area contributed by atoms with Gasteiger partial charge in [0.25, 0.3) is 5.91 Å². The van der Waals surface area contributed by atoms with Crippen LogP contribution in [0.3, 0.4) is 0 Å². The molecule has 2 N–H and O–H groups in total. The molecule has 0 unspecified atom stereocenters. The summed E-state index contributed by atoms with van der Waals surface area (Å²) in [4.78, 5) is 17.6. The van der Waals surface area contributed by atoms with Gasteiger partial charge in [0.15, 0.2) is 0 Å². The molecular weight excluding hydrogens is 377 g/mol. The maximum atomic E-state index is 13.5. The van der Waals surface area contributed by atoms with Gasteiger partial charge in [0.05, 0.1) is 5.57 Å². The fourth-order valence-corrected chi connectivity index (χ4v) is 3.53. The summed E-state index contributed by atoms with van der Waals surface area (Å²) < 4.78 is 15.2. The maximum absolute atomic E-state index is 13.5. The number of nitrogens with zero attached hydrogens (tertiary/aromatic N) is 3. The Morgan fingerprint density at radius 3 is 2.57 bits per heavy atom. The number of carbonyl (C=O) groups is 1. The van der Waals surface area contributed by atoms with Crippen LogP contribution in [0, 0.1) is 5.82 Å². The van der Waals surface area contributed by atoms with E-state index in [2.05, 4.69) is 20.7 Å². The standard InChI is InChI=1S/C20H18FN5OS/c1-12-16(18(27)23-15-6-4-3-5-7-15)17(13-8-10-14(21)11-9-13)26-19(22-12)24-20(25-26)28-2/h3-11,17H,1-2H3,(H,23,27)(H,22,24,25)/t17-/m1/s1. The first-order valence-corrected chi connectivity index (χ1v) is 9.89. The van der Waals surface area contributed by atoms with Gasteiger partial charge in [-0.05, 0) is 43.0 Å². The van der Waals surface area contributed by atoms with Crippen LogP contribution in [-0.2, 0) is 4.79 Å². The van der Waals surface area contributed by atoms with E-state index in [1.54, 1.807) is 16.8 Å². The number of hydrogen-bond donors (Lipinski definition) is 2. The Balaban J connectivity index is 1.79. The van der Waals surface area contributed by atoms with Gasteiger partial charge < -0.3 is 10.6 Å². The highest BCUT2D eigenvalue weighted by Crippen LogP contribution is 2.36. The molecule has 0 spiro atoms. The SMILES string of the molecule is CSc1nc2n(n1)[C@H](c1ccc(F)cc1)C(C(=O)Nc1ccccc1)=C(C)N2. The Kier molecular flexibility index (Phi) is 4.87. The van der Waals surface area contributed by atoms with Gasteiger partial charge in [-0.25, -0.2) is 9.07 Å². The summed E-state index contributed by atoms with van der Waals surface area (Å²) >= 11 is 1.41. The largest absolute Gasteiger partial charge is 0.328 e. The highest BCUT2D eigenvalue weighted by Gasteiger charge is 2.34. The molecule has 3 aromatic rings. The van der Waals surface area contributed by atoms with Gasteiger partial charge >= 0.3 is 0 Å². The van der Waals surface area contributed by atoms with Crippen LogP contribution >= 0.6 is 11.8 Å². The summed E-state index contributed by atoms with van der Waals surface area (Å²) in [6.07, 6.45) is 1.89. The molecule has 0 aliphatic carbocycles. The first-order valence-electron chi connectivity index (χ1n) is 8.67. The molecule has 0 saturated carbocycles. The van der Waals surface area contributed by atoms with Crippen molar-refractivity contribution in [2.24, 2.45) is 0 Å². The van der Waals surface area contributed by atoms with Crippen molar-refractivity contribution >= 4 is 29.3 Å². The molecule has 1 aliphatic rings. The number of aromatic nitrogens is 3. The molecule has 2 heterocycles. The van der Waals surface area contributed by atoms with Gasteiger partial charge in [0.2, 0.25) is 11.1 Å². The van der Waals surface area contributed by atoms with Gasteiger partial charge in [0.1, 0.15) is 11.9 Å². The number of hydrogen-bond acceptors (Lipinski definition) is 5. The van der Waals surface area contributed by atoms with E-state index in [9.17, 15) is 9.18 Å². The van der Waals surface area contributed by atoms with E-state index in [0.29, 0.717) is 28.1 Å². The molecule has 0 bridgehead atoms. The second-order valence-electron chi connectivity index (χ2n) is 6.30. The van der Waals surface area contributed by atoms with Crippen LogP contribution in [-0.4, -0.2) is 26.9 Å². The van der Waals surface area contributed by atoms with Crippen LogP contribution in [0.2, 0.25) is 0 Å². The summed E-state index contributed by atoms with van der Waals surface area (Å²) in [6, 6.07) is 14.8. The maximum Gasteiger partial charge on any atom is 0.255 e. The number of rotatable bonds is 4. The van der Waals surface area contributed by atoms with E-state index < -0.39 is 6.04 Å². The van der Waals surface area contributed by atoms with Crippen LogP contribution in [0.4, 0.5) is 16.0 Å². The molecule has 0 fully saturated rings. The number of amides is 1. The lowest BCUT2D eigenvalue weighted by Gasteiger charge is -2.28. The number of fused-ring (bicyclic) bond motifs is 1. The summed E-state index contributed by atoms with van der Waals surface area (Å²) in [5, 5.41) is 11.2. The molecule has 1 amide bonds.